The number of rotatable bonds is 4. The quantitative estimate of drug-likeness (QED) is 0.618. The van der Waals surface area contributed by atoms with E-state index >= 15 is 0 Å². The molecule has 2 aromatic rings. The van der Waals surface area contributed by atoms with Crippen molar-refractivity contribution in [2.45, 2.75) is 13.5 Å². The molecule has 0 aliphatic rings. The van der Waals surface area contributed by atoms with Crippen LogP contribution < -0.4 is 0 Å². The van der Waals surface area contributed by atoms with E-state index in [1.54, 1.807) is 24.1 Å². The van der Waals surface area contributed by atoms with E-state index in [0.29, 0.717) is 6.54 Å². The highest BCUT2D eigenvalue weighted by molar-refractivity contribution is 5.87. The van der Waals surface area contributed by atoms with Crippen LogP contribution in [0.3, 0.4) is 0 Å². The Morgan fingerprint density at radius 3 is 2.84 bits per heavy atom. The molecule has 1 amide bonds. The summed E-state index contributed by atoms with van der Waals surface area (Å²) in [6.45, 7) is 2.38. The summed E-state index contributed by atoms with van der Waals surface area (Å²) in [5.41, 5.74) is 0.850. The SMILES string of the molecule is CC=CC=CC(=O)N(C)Cc1cc2ccccc2o1. The number of allylic oxidation sites excluding steroid dienone is 3. The lowest BCUT2D eigenvalue weighted by molar-refractivity contribution is -0.125. The Hall–Kier alpha value is -2.29. The number of para-hydroxylation sites is 1. The molecule has 1 heterocycles. The predicted octanol–water partition coefficient (Wildman–Crippen LogP) is 3.52. The van der Waals surface area contributed by atoms with Crippen LogP contribution in [-0.4, -0.2) is 17.9 Å². The molecule has 1 aromatic carbocycles. The van der Waals surface area contributed by atoms with E-state index in [4.69, 9.17) is 4.42 Å². The maximum absolute atomic E-state index is 11.8. The molecule has 0 fully saturated rings. The van der Waals surface area contributed by atoms with Gasteiger partial charge in [0.05, 0.1) is 6.54 Å². The zero-order valence-electron chi connectivity index (χ0n) is 11.2. The van der Waals surface area contributed by atoms with E-state index in [9.17, 15) is 4.79 Å². The van der Waals surface area contributed by atoms with Crippen molar-refractivity contribution in [2.75, 3.05) is 7.05 Å². The average Bonchev–Trinajstić information content (AvgIpc) is 2.80. The van der Waals surface area contributed by atoms with Gasteiger partial charge >= 0.3 is 0 Å². The molecule has 0 saturated carbocycles. The van der Waals surface area contributed by atoms with Crippen molar-refractivity contribution in [1.82, 2.24) is 4.90 Å². The van der Waals surface area contributed by atoms with Crippen molar-refractivity contribution in [3.05, 3.63) is 60.4 Å². The number of carbonyl (C=O) groups is 1. The van der Waals surface area contributed by atoms with E-state index in [-0.39, 0.29) is 5.91 Å². The predicted molar refractivity (Wildman–Crippen MR) is 76.6 cm³/mol. The molecule has 1 aromatic heterocycles. The third-order valence-corrected chi connectivity index (χ3v) is 2.79. The number of fused-ring (bicyclic) bond motifs is 1. The van der Waals surface area contributed by atoms with Gasteiger partial charge in [-0.3, -0.25) is 4.79 Å². The summed E-state index contributed by atoms with van der Waals surface area (Å²) in [6.07, 6.45) is 6.98. The number of hydrogen-bond donors (Lipinski definition) is 0. The maximum atomic E-state index is 11.8. The van der Waals surface area contributed by atoms with Crippen molar-refractivity contribution in [1.29, 1.82) is 0 Å². The largest absolute Gasteiger partial charge is 0.459 e. The second-order valence-electron chi connectivity index (χ2n) is 4.33. The second kappa shape index (κ2) is 6.05. The average molecular weight is 255 g/mol. The van der Waals surface area contributed by atoms with Crippen LogP contribution in [0.15, 0.2) is 59.1 Å². The standard InChI is InChI=1S/C16H17NO2/c1-3-4-5-10-16(18)17(2)12-14-11-13-8-6-7-9-15(13)19-14/h3-11H,12H2,1-2H3. The summed E-state index contributed by atoms with van der Waals surface area (Å²) < 4.78 is 5.68. The number of furan rings is 1. The molecule has 0 saturated heterocycles. The molecular weight excluding hydrogens is 238 g/mol. The van der Waals surface area contributed by atoms with Crippen LogP contribution >= 0.6 is 0 Å². The molecule has 0 unspecified atom stereocenters. The van der Waals surface area contributed by atoms with Crippen LogP contribution in [0.1, 0.15) is 12.7 Å². The summed E-state index contributed by atoms with van der Waals surface area (Å²) in [6, 6.07) is 9.79. The first-order valence-electron chi connectivity index (χ1n) is 6.22. The summed E-state index contributed by atoms with van der Waals surface area (Å²) in [4.78, 5) is 13.4. The Morgan fingerprint density at radius 2 is 2.11 bits per heavy atom. The summed E-state index contributed by atoms with van der Waals surface area (Å²) in [7, 11) is 1.76. The van der Waals surface area contributed by atoms with Gasteiger partial charge in [-0.25, -0.2) is 0 Å². The minimum Gasteiger partial charge on any atom is -0.459 e. The smallest absolute Gasteiger partial charge is 0.246 e. The number of likely N-dealkylation sites (N-methyl/N-ethyl adjacent to an activating group) is 1. The minimum atomic E-state index is -0.0430. The normalized spacial score (nSPS) is 11.7. The molecule has 0 N–H and O–H groups in total. The van der Waals surface area contributed by atoms with Gasteiger partial charge in [0, 0.05) is 18.5 Å². The van der Waals surface area contributed by atoms with E-state index in [2.05, 4.69) is 0 Å². The van der Waals surface area contributed by atoms with Gasteiger partial charge in [-0.05, 0) is 19.1 Å². The van der Waals surface area contributed by atoms with Gasteiger partial charge in [0.1, 0.15) is 11.3 Å². The van der Waals surface area contributed by atoms with Crippen molar-refractivity contribution in [2.24, 2.45) is 0 Å². The summed E-state index contributed by atoms with van der Waals surface area (Å²) >= 11 is 0. The first-order valence-corrected chi connectivity index (χ1v) is 6.22. The highest BCUT2D eigenvalue weighted by Crippen LogP contribution is 2.19. The topological polar surface area (TPSA) is 33.5 Å². The molecule has 0 aliphatic carbocycles. The first kappa shape index (κ1) is 13.1. The van der Waals surface area contributed by atoms with Gasteiger partial charge in [-0.15, -0.1) is 0 Å². The van der Waals surface area contributed by atoms with E-state index in [1.165, 1.54) is 0 Å². The van der Waals surface area contributed by atoms with Crippen LogP contribution in [0.25, 0.3) is 11.0 Å². The fourth-order valence-corrected chi connectivity index (χ4v) is 1.80. The highest BCUT2D eigenvalue weighted by atomic mass is 16.3. The van der Waals surface area contributed by atoms with Crippen LogP contribution in [0, 0.1) is 0 Å². The Bertz CT molecular complexity index is 589. The van der Waals surface area contributed by atoms with E-state index in [0.717, 1.165) is 16.7 Å². The Kier molecular flexibility index (Phi) is 4.18. The van der Waals surface area contributed by atoms with E-state index < -0.39 is 0 Å². The van der Waals surface area contributed by atoms with Gasteiger partial charge in [0.2, 0.25) is 5.91 Å². The fourth-order valence-electron chi connectivity index (χ4n) is 1.80. The first-order chi connectivity index (χ1) is 9.20. The number of hydrogen-bond acceptors (Lipinski definition) is 2. The Labute approximate surface area is 112 Å². The summed E-state index contributed by atoms with van der Waals surface area (Å²) in [5, 5.41) is 1.06. The zero-order valence-corrected chi connectivity index (χ0v) is 11.2. The van der Waals surface area contributed by atoms with Crippen LogP contribution in [0.5, 0.6) is 0 Å². The molecule has 0 spiro atoms. The fraction of sp³-hybridized carbons (Fsp3) is 0.188. The van der Waals surface area contributed by atoms with Crippen LogP contribution in [0.4, 0.5) is 0 Å². The number of benzene rings is 1. The number of carbonyl (C=O) groups excluding carboxylic acids is 1. The third kappa shape index (κ3) is 3.35. The molecule has 19 heavy (non-hydrogen) atoms. The van der Waals surface area contributed by atoms with Crippen LogP contribution in [0.2, 0.25) is 0 Å². The van der Waals surface area contributed by atoms with Gasteiger partial charge < -0.3 is 9.32 Å². The third-order valence-electron chi connectivity index (χ3n) is 2.79. The monoisotopic (exact) mass is 255 g/mol. The molecule has 0 aliphatic heterocycles. The lowest BCUT2D eigenvalue weighted by Gasteiger charge is -2.12. The van der Waals surface area contributed by atoms with Gasteiger partial charge in [-0.1, -0.05) is 36.4 Å². The van der Waals surface area contributed by atoms with Crippen molar-refractivity contribution in [3.8, 4) is 0 Å². The number of amides is 1. The van der Waals surface area contributed by atoms with Gasteiger partial charge in [-0.2, -0.15) is 0 Å². The highest BCUT2D eigenvalue weighted by Gasteiger charge is 2.09. The molecule has 0 bridgehead atoms. The van der Waals surface area contributed by atoms with Crippen molar-refractivity contribution in [3.63, 3.8) is 0 Å². The van der Waals surface area contributed by atoms with Gasteiger partial charge in [0.25, 0.3) is 0 Å². The summed E-state index contributed by atoms with van der Waals surface area (Å²) in [5.74, 6) is 0.745. The van der Waals surface area contributed by atoms with E-state index in [1.807, 2.05) is 49.4 Å². The molecule has 98 valence electrons. The molecule has 0 radical (unpaired) electrons. The maximum Gasteiger partial charge on any atom is 0.246 e. The Balaban J connectivity index is 2.05. The molecule has 3 heteroatoms. The molecule has 2 rings (SSSR count). The molecule has 3 nitrogen and oxygen atoms in total. The second-order valence-corrected chi connectivity index (χ2v) is 4.33. The van der Waals surface area contributed by atoms with Gasteiger partial charge in [0.15, 0.2) is 0 Å². The van der Waals surface area contributed by atoms with Crippen LogP contribution in [-0.2, 0) is 11.3 Å². The van der Waals surface area contributed by atoms with Crippen molar-refractivity contribution >= 4 is 16.9 Å². The number of nitrogens with zero attached hydrogens (tertiary/aromatic N) is 1. The molecule has 0 atom stereocenters. The lowest BCUT2D eigenvalue weighted by Crippen LogP contribution is -2.23. The Morgan fingerprint density at radius 1 is 1.32 bits per heavy atom. The minimum absolute atomic E-state index is 0.0430. The lowest BCUT2D eigenvalue weighted by atomic mass is 10.2. The molecular formula is C16H17NO2. The zero-order chi connectivity index (χ0) is 13.7. The van der Waals surface area contributed by atoms with Crippen molar-refractivity contribution < 1.29 is 9.21 Å².